The van der Waals surface area contributed by atoms with E-state index >= 15 is 0 Å². The number of aryl methyl sites for hydroxylation is 2. The molecule has 0 radical (unpaired) electrons. The Hall–Kier alpha value is -3.46. The number of furan rings is 1. The number of hydrogen-bond donors (Lipinski definition) is 0. The van der Waals surface area contributed by atoms with E-state index in [-0.39, 0.29) is 5.82 Å². The molecule has 1 fully saturated rings. The van der Waals surface area contributed by atoms with Crippen LogP contribution in [0.2, 0.25) is 0 Å². The van der Waals surface area contributed by atoms with Gasteiger partial charge in [-0.05, 0) is 49.3 Å². The Morgan fingerprint density at radius 1 is 1.03 bits per heavy atom. The summed E-state index contributed by atoms with van der Waals surface area (Å²) in [7, 11) is 0. The Bertz CT molecular complexity index is 1190. The third-order valence-electron chi connectivity index (χ3n) is 5.53. The second-order valence-electron chi connectivity index (χ2n) is 7.77. The lowest BCUT2D eigenvalue weighted by atomic mass is 10.2. The van der Waals surface area contributed by atoms with E-state index in [1.807, 2.05) is 38.2 Å². The highest BCUT2D eigenvalue weighted by molar-refractivity contribution is 5.58. The minimum absolute atomic E-state index is 0.293. The zero-order chi connectivity index (χ0) is 21.4. The molecular weight excluding hydrogens is 399 g/mol. The number of rotatable bonds is 5. The highest BCUT2D eigenvalue weighted by Crippen LogP contribution is 2.27. The second kappa shape index (κ2) is 7.99. The van der Waals surface area contributed by atoms with E-state index in [9.17, 15) is 4.39 Å². The highest BCUT2D eigenvalue weighted by Gasteiger charge is 2.24. The molecule has 1 aliphatic heterocycles. The fourth-order valence-electron chi connectivity index (χ4n) is 3.92. The summed E-state index contributed by atoms with van der Waals surface area (Å²) >= 11 is 0. The van der Waals surface area contributed by atoms with Crippen molar-refractivity contribution in [3.63, 3.8) is 0 Å². The van der Waals surface area contributed by atoms with Gasteiger partial charge in [-0.25, -0.2) is 13.7 Å². The van der Waals surface area contributed by atoms with Gasteiger partial charge in [0.2, 0.25) is 0 Å². The molecule has 0 saturated carbocycles. The van der Waals surface area contributed by atoms with Crippen LogP contribution in [0.4, 0.5) is 10.2 Å². The molecule has 9 heteroatoms. The van der Waals surface area contributed by atoms with E-state index in [1.165, 1.54) is 12.1 Å². The average Bonchev–Trinajstić information content (AvgIpc) is 3.49. The Labute approximate surface area is 178 Å². The van der Waals surface area contributed by atoms with Crippen molar-refractivity contribution in [2.45, 2.75) is 20.4 Å². The zero-order valence-electron chi connectivity index (χ0n) is 17.5. The molecule has 3 aromatic heterocycles. The van der Waals surface area contributed by atoms with Gasteiger partial charge < -0.3 is 9.32 Å². The molecule has 0 N–H and O–H groups in total. The standard InChI is InChI=1S/C22H23FN6O2/c1-15-6-7-20(30-15)21-17(14-29(24-21)19-5-3-4-18(23)12-19)13-27-8-10-28(11-9-27)22-16(2)25-31-26-22/h3-7,12,14H,8-11,13H2,1-2H3. The van der Waals surface area contributed by atoms with Crippen LogP contribution in [-0.2, 0) is 6.54 Å². The molecule has 0 aliphatic carbocycles. The van der Waals surface area contributed by atoms with Crippen LogP contribution in [0, 0.1) is 19.7 Å². The molecule has 0 amide bonds. The number of aromatic nitrogens is 4. The largest absolute Gasteiger partial charge is 0.460 e. The smallest absolute Gasteiger partial charge is 0.196 e. The predicted octanol–water partition coefficient (Wildman–Crippen LogP) is 3.59. The van der Waals surface area contributed by atoms with Crippen molar-refractivity contribution in [2.75, 3.05) is 31.1 Å². The first-order chi connectivity index (χ1) is 15.1. The van der Waals surface area contributed by atoms with Crippen molar-refractivity contribution in [1.29, 1.82) is 0 Å². The summed E-state index contributed by atoms with van der Waals surface area (Å²) in [4.78, 5) is 4.56. The normalized spacial score (nSPS) is 15.0. The van der Waals surface area contributed by atoms with Gasteiger partial charge in [0.15, 0.2) is 11.6 Å². The van der Waals surface area contributed by atoms with Gasteiger partial charge in [-0.1, -0.05) is 11.2 Å². The third-order valence-corrected chi connectivity index (χ3v) is 5.53. The van der Waals surface area contributed by atoms with Gasteiger partial charge in [0.25, 0.3) is 0 Å². The minimum atomic E-state index is -0.293. The molecule has 0 spiro atoms. The van der Waals surface area contributed by atoms with E-state index in [1.54, 1.807) is 10.7 Å². The predicted molar refractivity (Wildman–Crippen MR) is 112 cm³/mol. The van der Waals surface area contributed by atoms with Gasteiger partial charge in [-0.2, -0.15) is 5.10 Å². The van der Waals surface area contributed by atoms with E-state index in [0.29, 0.717) is 18.0 Å². The van der Waals surface area contributed by atoms with Gasteiger partial charge in [0.1, 0.15) is 23.0 Å². The maximum absolute atomic E-state index is 13.8. The number of piperazine rings is 1. The van der Waals surface area contributed by atoms with Crippen molar-refractivity contribution in [1.82, 2.24) is 25.0 Å². The molecule has 31 heavy (non-hydrogen) atoms. The molecule has 4 heterocycles. The van der Waals surface area contributed by atoms with Crippen LogP contribution in [0.15, 0.2) is 51.6 Å². The minimum Gasteiger partial charge on any atom is -0.460 e. The maximum atomic E-state index is 13.8. The number of benzene rings is 1. The molecule has 4 aromatic rings. The van der Waals surface area contributed by atoms with Crippen LogP contribution in [0.1, 0.15) is 17.0 Å². The summed E-state index contributed by atoms with van der Waals surface area (Å²) in [5.41, 5.74) is 3.29. The zero-order valence-corrected chi connectivity index (χ0v) is 17.5. The Balaban J connectivity index is 1.38. The van der Waals surface area contributed by atoms with Gasteiger partial charge in [0.05, 0.1) is 5.69 Å². The first kappa shape index (κ1) is 19.5. The summed E-state index contributed by atoms with van der Waals surface area (Å²) in [6, 6.07) is 10.3. The monoisotopic (exact) mass is 422 g/mol. The number of anilines is 1. The van der Waals surface area contributed by atoms with Crippen LogP contribution in [0.25, 0.3) is 17.1 Å². The van der Waals surface area contributed by atoms with Crippen molar-refractivity contribution < 1.29 is 13.4 Å². The summed E-state index contributed by atoms with van der Waals surface area (Å²) in [6.45, 7) is 7.93. The topological polar surface area (TPSA) is 76.4 Å². The van der Waals surface area contributed by atoms with Crippen molar-refractivity contribution in [3.8, 4) is 17.1 Å². The summed E-state index contributed by atoms with van der Waals surface area (Å²) in [5.74, 6) is 2.06. The number of hydrogen-bond acceptors (Lipinski definition) is 7. The lowest BCUT2D eigenvalue weighted by Gasteiger charge is -2.34. The summed E-state index contributed by atoms with van der Waals surface area (Å²) in [6.07, 6.45) is 1.96. The Morgan fingerprint density at radius 3 is 2.55 bits per heavy atom. The summed E-state index contributed by atoms with van der Waals surface area (Å²) < 4.78 is 26.2. The molecule has 160 valence electrons. The molecule has 5 rings (SSSR count). The van der Waals surface area contributed by atoms with Gasteiger partial charge in [-0.15, -0.1) is 0 Å². The molecule has 0 unspecified atom stereocenters. The molecule has 1 saturated heterocycles. The quantitative estimate of drug-likeness (QED) is 0.486. The third kappa shape index (κ3) is 3.96. The van der Waals surface area contributed by atoms with Crippen molar-refractivity contribution in [2.24, 2.45) is 0 Å². The van der Waals surface area contributed by atoms with Gasteiger partial charge >= 0.3 is 0 Å². The molecule has 1 aliphatic rings. The fraction of sp³-hybridized carbons (Fsp3) is 0.318. The molecule has 1 aromatic carbocycles. The lowest BCUT2D eigenvalue weighted by Crippen LogP contribution is -2.46. The van der Waals surface area contributed by atoms with Crippen molar-refractivity contribution in [3.05, 3.63) is 65.4 Å². The number of nitrogens with zero attached hydrogens (tertiary/aromatic N) is 6. The van der Waals surface area contributed by atoms with Crippen LogP contribution >= 0.6 is 0 Å². The molecule has 0 bridgehead atoms. The highest BCUT2D eigenvalue weighted by atomic mass is 19.1. The van der Waals surface area contributed by atoms with E-state index in [2.05, 4.69) is 20.1 Å². The first-order valence-electron chi connectivity index (χ1n) is 10.2. The SMILES string of the molecule is Cc1ccc(-c2nn(-c3cccc(F)c3)cc2CN2CCN(c3nonc3C)CC2)o1. The van der Waals surface area contributed by atoms with E-state index in [4.69, 9.17) is 14.1 Å². The van der Waals surface area contributed by atoms with Gasteiger partial charge in [0, 0.05) is 44.5 Å². The average molecular weight is 422 g/mol. The van der Waals surface area contributed by atoms with Crippen LogP contribution in [0.3, 0.4) is 0 Å². The molecular formula is C22H23FN6O2. The lowest BCUT2D eigenvalue weighted by molar-refractivity contribution is 0.247. The van der Waals surface area contributed by atoms with Crippen LogP contribution < -0.4 is 4.90 Å². The Kier molecular flexibility index (Phi) is 5.03. The second-order valence-corrected chi connectivity index (χ2v) is 7.77. The Morgan fingerprint density at radius 2 is 1.87 bits per heavy atom. The van der Waals surface area contributed by atoms with Crippen LogP contribution in [0.5, 0.6) is 0 Å². The number of halogens is 1. The first-order valence-corrected chi connectivity index (χ1v) is 10.2. The van der Waals surface area contributed by atoms with E-state index in [0.717, 1.165) is 54.7 Å². The molecule has 0 atom stereocenters. The van der Waals surface area contributed by atoms with Crippen LogP contribution in [-0.4, -0.2) is 51.2 Å². The van der Waals surface area contributed by atoms with Crippen molar-refractivity contribution >= 4 is 5.82 Å². The summed E-state index contributed by atoms with van der Waals surface area (Å²) in [5, 5.41) is 12.6. The maximum Gasteiger partial charge on any atom is 0.196 e. The fourth-order valence-corrected chi connectivity index (χ4v) is 3.92. The van der Waals surface area contributed by atoms with E-state index < -0.39 is 0 Å². The molecule has 8 nitrogen and oxygen atoms in total. The van der Waals surface area contributed by atoms with Gasteiger partial charge in [-0.3, -0.25) is 4.90 Å².